The SMILES string of the molecule is [CH2]C1CCN(c2ncc(C(F)(F)F)cn2)CC1. The lowest BCUT2D eigenvalue weighted by Crippen LogP contribution is -2.34. The van der Waals surface area contributed by atoms with Crippen molar-refractivity contribution in [1.82, 2.24) is 9.97 Å². The van der Waals surface area contributed by atoms with Crippen molar-refractivity contribution in [3.63, 3.8) is 0 Å². The van der Waals surface area contributed by atoms with Crippen molar-refractivity contribution < 1.29 is 13.2 Å². The summed E-state index contributed by atoms with van der Waals surface area (Å²) in [5, 5.41) is 0. The van der Waals surface area contributed by atoms with Gasteiger partial charge in [0, 0.05) is 25.5 Å². The highest BCUT2D eigenvalue weighted by atomic mass is 19.4. The lowest BCUT2D eigenvalue weighted by Gasteiger charge is -2.30. The van der Waals surface area contributed by atoms with E-state index in [0.29, 0.717) is 11.9 Å². The van der Waals surface area contributed by atoms with Gasteiger partial charge in [-0.1, -0.05) is 6.92 Å². The molecule has 2 heterocycles. The summed E-state index contributed by atoms with van der Waals surface area (Å²) in [6, 6.07) is 0. The number of halogens is 3. The Balaban J connectivity index is 2.08. The first-order chi connectivity index (χ1) is 7.97. The molecule has 0 unspecified atom stereocenters. The molecule has 1 fully saturated rings. The number of rotatable bonds is 1. The Kier molecular flexibility index (Phi) is 3.22. The molecule has 0 aromatic carbocycles. The standard InChI is InChI=1S/C11H13F3N3/c1-8-2-4-17(5-3-8)10-15-6-9(7-16-10)11(12,13)14/h6-8H,1-5H2. The van der Waals surface area contributed by atoms with Gasteiger partial charge in [-0.25, -0.2) is 9.97 Å². The lowest BCUT2D eigenvalue weighted by molar-refractivity contribution is -0.138. The molecule has 1 aliphatic rings. The maximum atomic E-state index is 12.3. The molecule has 0 spiro atoms. The topological polar surface area (TPSA) is 29.0 Å². The van der Waals surface area contributed by atoms with Crippen LogP contribution < -0.4 is 4.90 Å². The summed E-state index contributed by atoms with van der Waals surface area (Å²) in [5.74, 6) is 0.783. The molecule has 0 aliphatic carbocycles. The van der Waals surface area contributed by atoms with E-state index in [-0.39, 0.29) is 0 Å². The Bertz CT molecular complexity index is 367. The highest BCUT2D eigenvalue weighted by molar-refractivity contribution is 5.31. The largest absolute Gasteiger partial charge is 0.419 e. The molecular formula is C11H13F3N3. The van der Waals surface area contributed by atoms with Crippen molar-refractivity contribution in [1.29, 1.82) is 0 Å². The fourth-order valence-electron chi connectivity index (χ4n) is 1.76. The highest BCUT2D eigenvalue weighted by Crippen LogP contribution is 2.28. The number of piperidine rings is 1. The number of aromatic nitrogens is 2. The van der Waals surface area contributed by atoms with E-state index in [2.05, 4.69) is 16.9 Å². The van der Waals surface area contributed by atoms with E-state index in [1.54, 1.807) is 0 Å². The summed E-state index contributed by atoms with van der Waals surface area (Å²) >= 11 is 0. The molecule has 1 aromatic rings. The Morgan fingerprint density at radius 1 is 1.18 bits per heavy atom. The third-order valence-electron chi connectivity index (χ3n) is 2.86. The van der Waals surface area contributed by atoms with E-state index >= 15 is 0 Å². The van der Waals surface area contributed by atoms with E-state index in [0.717, 1.165) is 38.3 Å². The van der Waals surface area contributed by atoms with Gasteiger partial charge in [-0.2, -0.15) is 13.2 Å². The molecular weight excluding hydrogens is 231 g/mol. The van der Waals surface area contributed by atoms with Gasteiger partial charge in [0.25, 0.3) is 0 Å². The molecule has 6 heteroatoms. The second kappa shape index (κ2) is 4.50. The van der Waals surface area contributed by atoms with Crippen LogP contribution in [-0.2, 0) is 6.18 Å². The summed E-state index contributed by atoms with van der Waals surface area (Å²) < 4.78 is 36.9. The van der Waals surface area contributed by atoms with Crippen LogP contribution in [0, 0.1) is 12.8 Å². The van der Waals surface area contributed by atoms with E-state index in [9.17, 15) is 13.2 Å². The number of nitrogens with zero attached hydrogens (tertiary/aromatic N) is 3. The molecule has 2 rings (SSSR count). The van der Waals surface area contributed by atoms with E-state index < -0.39 is 11.7 Å². The maximum absolute atomic E-state index is 12.3. The second-order valence-corrected chi connectivity index (χ2v) is 4.20. The third-order valence-corrected chi connectivity index (χ3v) is 2.86. The summed E-state index contributed by atoms with van der Waals surface area (Å²) in [5.41, 5.74) is -0.812. The molecule has 0 N–H and O–H groups in total. The zero-order valence-corrected chi connectivity index (χ0v) is 9.24. The number of hydrogen-bond donors (Lipinski definition) is 0. The predicted molar refractivity (Wildman–Crippen MR) is 57.3 cm³/mol. The van der Waals surface area contributed by atoms with Gasteiger partial charge in [-0.3, -0.25) is 0 Å². The molecule has 1 radical (unpaired) electrons. The monoisotopic (exact) mass is 244 g/mol. The van der Waals surface area contributed by atoms with Gasteiger partial charge >= 0.3 is 6.18 Å². The zero-order chi connectivity index (χ0) is 12.5. The van der Waals surface area contributed by atoms with Crippen LogP contribution >= 0.6 is 0 Å². The number of alkyl halides is 3. The van der Waals surface area contributed by atoms with Crippen molar-refractivity contribution in [3.05, 3.63) is 24.9 Å². The second-order valence-electron chi connectivity index (χ2n) is 4.20. The number of anilines is 1. The fraction of sp³-hybridized carbons (Fsp3) is 0.545. The molecule has 0 amide bonds. The van der Waals surface area contributed by atoms with Gasteiger partial charge < -0.3 is 4.90 Å². The van der Waals surface area contributed by atoms with Gasteiger partial charge in [0.15, 0.2) is 0 Å². The van der Waals surface area contributed by atoms with E-state index in [4.69, 9.17) is 0 Å². The molecule has 1 saturated heterocycles. The molecule has 0 saturated carbocycles. The van der Waals surface area contributed by atoms with Gasteiger partial charge in [0.05, 0.1) is 5.56 Å². The molecule has 93 valence electrons. The average molecular weight is 244 g/mol. The van der Waals surface area contributed by atoms with Crippen molar-refractivity contribution in [2.75, 3.05) is 18.0 Å². The molecule has 3 nitrogen and oxygen atoms in total. The molecule has 0 atom stereocenters. The van der Waals surface area contributed by atoms with Crippen LogP contribution in [0.1, 0.15) is 18.4 Å². The third kappa shape index (κ3) is 2.87. The number of hydrogen-bond acceptors (Lipinski definition) is 3. The van der Waals surface area contributed by atoms with Crippen LogP contribution in [0.3, 0.4) is 0 Å². The van der Waals surface area contributed by atoms with Gasteiger partial charge in [0.2, 0.25) is 5.95 Å². The quantitative estimate of drug-likeness (QED) is 0.760. The zero-order valence-electron chi connectivity index (χ0n) is 9.24. The maximum Gasteiger partial charge on any atom is 0.419 e. The summed E-state index contributed by atoms with van der Waals surface area (Å²) in [6.07, 6.45) is -0.870. The van der Waals surface area contributed by atoms with Crippen LogP contribution in [0.5, 0.6) is 0 Å². The minimum absolute atomic E-state index is 0.366. The van der Waals surface area contributed by atoms with Gasteiger partial charge in [-0.05, 0) is 18.8 Å². The van der Waals surface area contributed by atoms with E-state index in [1.165, 1.54) is 0 Å². The summed E-state index contributed by atoms with van der Waals surface area (Å²) in [6.45, 7) is 5.45. The van der Waals surface area contributed by atoms with Crippen LogP contribution in [-0.4, -0.2) is 23.1 Å². The van der Waals surface area contributed by atoms with Crippen LogP contribution in [0.25, 0.3) is 0 Å². The predicted octanol–water partition coefficient (Wildman–Crippen LogP) is 2.55. The van der Waals surface area contributed by atoms with Crippen molar-refractivity contribution in [2.45, 2.75) is 19.0 Å². The molecule has 17 heavy (non-hydrogen) atoms. The van der Waals surface area contributed by atoms with Crippen molar-refractivity contribution >= 4 is 5.95 Å². The summed E-state index contributed by atoms with van der Waals surface area (Å²) in [7, 11) is 0. The fourth-order valence-corrected chi connectivity index (χ4v) is 1.76. The minimum atomic E-state index is -4.38. The Hall–Kier alpha value is -1.33. The normalized spacial score (nSPS) is 18.5. The molecule has 1 aliphatic heterocycles. The van der Waals surface area contributed by atoms with Gasteiger partial charge in [-0.15, -0.1) is 0 Å². The highest BCUT2D eigenvalue weighted by Gasteiger charge is 2.31. The minimum Gasteiger partial charge on any atom is -0.341 e. The Morgan fingerprint density at radius 3 is 2.18 bits per heavy atom. The molecule has 0 bridgehead atoms. The Morgan fingerprint density at radius 2 is 1.71 bits per heavy atom. The van der Waals surface area contributed by atoms with Crippen LogP contribution in [0.2, 0.25) is 0 Å². The van der Waals surface area contributed by atoms with Crippen LogP contribution in [0.4, 0.5) is 19.1 Å². The smallest absolute Gasteiger partial charge is 0.341 e. The van der Waals surface area contributed by atoms with Crippen molar-refractivity contribution in [2.24, 2.45) is 5.92 Å². The Labute approximate surface area is 97.7 Å². The lowest BCUT2D eigenvalue weighted by atomic mass is 10.00. The average Bonchev–Trinajstić information content (AvgIpc) is 2.29. The van der Waals surface area contributed by atoms with Gasteiger partial charge in [0.1, 0.15) is 0 Å². The van der Waals surface area contributed by atoms with Crippen molar-refractivity contribution in [3.8, 4) is 0 Å². The van der Waals surface area contributed by atoms with Crippen LogP contribution in [0.15, 0.2) is 12.4 Å². The first-order valence-corrected chi connectivity index (χ1v) is 5.44. The van der Waals surface area contributed by atoms with E-state index in [1.807, 2.05) is 4.90 Å². The molecule has 1 aromatic heterocycles. The first-order valence-electron chi connectivity index (χ1n) is 5.44. The summed E-state index contributed by atoms with van der Waals surface area (Å²) in [4.78, 5) is 9.43. The first kappa shape index (κ1) is 12.1.